The molecule has 0 aromatic rings. The van der Waals surface area contributed by atoms with Crippen molar-refractivity contribution in [2.75, 3.05) is 0 Å². The van der Waals surface area contributed by atoms with Crippen LogP contribution >= 0.6 is 0 Å². The molecule has 6 atom stereocenters. The summed E-state index contributed by atoms with van der Waals surface area (Å²) in [4.78, 5) is 11.8. The van der Waals surface area contributed by atoms with Crippen LogP contribution in [-0.4, -0.2) is 21.6 Å². The number of aliphatic hydroxyl groups is 2. The van der Waals surface area contributed by atoms with Gasteiger partial charge in [0, 0.05) is 5.41 Å². The van der Waals surface area contributed by atoms with Crippen LogP contribution in [0.5, 0.6) is 0 Å². The minimum atomic E-state index is -0.555. The summed E-state index contributed by atoms with van der Waals surface area (Å²) in [6.45, 7) is 6.51. The zero-order valence-corrected chi connectivity index (χ0v) is 14.4. The molecule has 1 unspecified atom stereocenters. The second kappa shape index (κ2) is 4.50. The quantitative estimate of drug-likeness (QED) is 0.712. The number of rotatable bonds is 0. The number of hydrogen-bond donors (Lipinski definition) is 2. The second-order valence-corrected chi connectivity index (χ2v) is 8.99. The van der Waals surface area contributed by atoms with Crippen LogP contribution in [-0.2, 0) is 4.79 Å². The summed E-state index contributed by atoms with van der Waals surface area (Å²) in [6, 6.07) is 0. The maximum Gasteiger partial charge on any atom is 0.219 e. The molecule has 126 valence electrons. The molecule has 0 aromatic heterocycles. The van der Waals surface area contributed by atoms with Gasteiger partial charge < -0.3 is 10.2 Å². The Morgan fingerprint density at radius 2 is 1.78 bits per heavy atom. The average Bonchev–Trinajstić information content (AvgIpc) is 2.74. The summed E-state index contributed by atoms with van der Waals surface area (Å²) in [5, 5.41) is 21.2. The van der Waals surface area contributed by atoms with Crippen molar-refractivity contribution in [2.45, 2.75) is 64.9 Å². The van der Waals surface area contributed by atoms with E-state index in [-0.39, 0.29) is 22.4 Å². The highest BCUT2D eigenvalue weighted by molar-refractivity contribution is 6.04. The first-order valence-electron chi connectivity index (χ1n) is 9.09. The maximum atomic E-state index is 11.8. The molecule has 4 aliphatic rings. The SMILES string of the molecule is CC1(O)CC[C@@H]2[C@H]3CCC4=C(O)C(=O)C=C[C@@]4(C)[C@H]3CC[C@@]21C. The Kier molecular flexibility index (Phi) is 3.02. The minimum absolute atomic E-state index is 0.000189. The predicted molar refractivity (Wildman–Crippen MR) is 88.8 cm³/mol. The van der Waals surface area contributed by atoms with Gasteiger partial charge in [-0.3, -0.25) is 4.79 Å². The van der Waals surface area contributed by atoms with Crippen LogP contribution in [0, 0.1) is 28.6 Å². The average molecular weight is 316 g/mol. The maximum absolute atomic E-state index is 11.8. The van der Waals surface area contributed by atoms with E-state index in [1.165, 1.54) is 0 Å². The summed E-state index contributed by atoms with van der Waals surface area (Å²) < 4.78 is 0. The fourth-order valence-electron chi connectivity index (χ4n) is 6.56. The van der Waals surface area contributed by atoms with Crippen LogP contribution in [0.1, 0.15) is 59.3 Å². The van der Waals surface area contributed by atoms with Crippen LogP contribution < -0.4 is 0 Å². The molecule has 0 radical (unpaired) electrons. The first-order valence-corrected chi connectivity index (χ1v) is 9.09. The van der Waals surface area contributed by atoms with Crippen molar-refractivity contribution in [3.05, 3.63) is 23.5 Å². The summed E-state index contributed by atoms with van der Waals surface area (Å²) in [7, 11) is 0. The Balaban J connectivity index is 1.74. The van der Waals surface area contributed by atoms with E-state index in [2.05, 4.69) is 19.9 Å². The van der Waals surface area contributed by atoms with Crippen molar-refractivity contribution < 1.29 is 15.0 Å². The van der Waals surface area contributed by atoms with Gasteiger partial charge in [-0.15, -0.1) is 0 Å². The summed E-state index contributed by atoms with van der Waals surface area (Å²) in [6.07, 6.45) is 9.59. The van der Waals surface area contributed by atoms with Gasteiger partial charge in [-0.05, 0) is 80.3 Å². The number of allylic oxidation sites excluding steroid dienone is 3. The molecule has 3 heteroatoms. The number of aliphatic hydroxyl groups excluding tert-OH is 1. The highest BCUT2D eigenvalue weighted by atomic mass is 16.3. The molecule has 3 fully saturated rings. The summed E-state index contributed by atoms with van der Waals surface area (Å²) in [5.74, 6) is 1.38. The van der Waals surface area contributed by atoms with Gasteiger partial charge in [0.1, 0.15) is 0 Å². The molecule has 0 heterocycles. The van der Waals surface area contributed by atoms with Crippen molar-refractivity contribution >= 4 is 5.78 Å². The molecule has 2 N–H and O–H groups in total. The Hall–Kier alpha value is -1.09. The fraction of sp³-hybridized carbons (Fsp3) is 0.750. The van der Waals surface area contributed by atoms with Gasteiger partial charge in [0.2, 0.25) is 5.78 Å². The van der Waals surface area contributed by atoms with Gasteiger partial charge in [-0.25, -0.2) is 0 Å². The van der Waals surface area contributed by atoms with Crippen molar-refractivity contribution in [2.24, 2.45) is 28.6 Å². The van der Waals surface area contributed by atoms with Gasteiger partial charge in [0.25, 0.3) is 0 Å². The van der Waals surface area contributed by atoms with Gasteiger partial charge in [0.05, 0.1) is 5.60 Å². The molecular formula is C20H28O3. The normalized spacial score (nSPS) is 52.2. The van der Waals surface area contributed by atoms with Crippen molar-refractivity contribution in [3.63, 3.8) is 0 Å². The van der Waals surface area contributed by atoms with E-state index in [1.54, 1.807) is 6.08 Å². The summed E-state index contributed by atoms with van der Waals surface area (Å²) >= 11 is 0. The predicted octanol–water partition coefficient (Wildman–Crippen LogP) is 3.93. The number of ketones is 1. The van der Waals surface area contributed by atoms with Crippen molar-refractivity contribution in [1.82, 2.24) is 0 Å². The van der Waals surface area contributed by atoms with Crippen LogP contribution in [0.25, 0.3) is 0 Å². The van der Waals surface area contributed by atoms with Crippen LogP contribution in [0.4, 0.5) is 0 Å². The van der Waals surface area contributed by atoms with Gasteiger partial charge in [-0.2, -0.15) is 0 Å². The highest BCUT2D eigenvalue weighted by Gasteiger charge is 2.62. The third-order valence-corrected chi connectivity index (χ3v) is 8.25. The summed E-state index contributed by atoms with van der Waals surface area (Å²) in [5.41, 5.74) is 0.235. The largest absolute Gasteiger partial charge is 0.504 e. The fourth-order valence-corrected chi connectivity index (χ4v) is 6.56. The third kappa shape index (κ3) is 1.77. The number of carbonyl (C=O) groups excluding carboxylic acids is 1. The Morgan fingerprint density at radius 3 is 2.52 bits per heavy atom. The van der Waals surface area contributed by atoms with E-state index < -0.39 is 5.60 Å². The lowest BCUT2D eigenvalue weighted by Crippen LogP contribution is -2.53. The van der Waals surface area contributed by atoms with Crippen LogP contribution in [0.2, 0.25) is 0 Å². The minimum Gasteiger partial charge on any atom is -0.504 e. The number of fused-ring (bicyclic) bond motifs is 5. The molecular weight excluding hydrogens is 288 g/mol. The molecule has 0 amide bonds. The van der Waals surface area contributed by atoms with Crippen molar-refractivity contribution in [3.8, 4) is 0 Å². The van der Waals surface area contributed by atoms with E-state index in [0.717, 1.165) is 44.1 Å². The third-order valence-electron chi connectivity index (χ3n) is 8.25. The zero-order chi connectivity index (χ0) is 16.6. The zero-order valence-electron chi connectivity index (χ0n) is 14.4. The second-order valence-electron chi connectivity index (χ2n) is 8.99. The standard InChI is InChI=1S/C20H28O3/c1-18-9-8-16(21)17(22)15(18)5-4-12-13(18)6-10-19(2)14(12)7-11-20(19,3)23/h8-9,12-14,22-23H,4-7,10-11H2,1-3H3/t12-,13-,14+,18-,19-,20?/m0/s1. The molecule has 4 aliphatic carbocycles. The Bertz CT molecular complexity index is 629. The molecule has 3 saturated carbocycles. The van der Waals surface area contributed by atoms with Crippen molar-refractivity contribution in [1.29, 1.82) is 0 Å². The lowest BCUT2D eigenvalue weighted by atomic mass is 9.47. The lowest BCUT2D eigenvalue weighted by molar-refractivity contribution is -0.117. The molecule has 23 heavy (non-hydrogen) atoms. The molecule has 0 aromatic carbocycles. The van der Waals surface area contributed by atoms with Gasteiger partial charge in [0.15, 0.2) is 5.76 Å². The molecule has 3 nitrogen and oxygen atoms in total. The number of hydrogen-bond acceptors (Lipinski definition) is 3. The molecule has 0 aliphatic heterocycles. The van der Waals surface area contributed by atoms with E-state index in [1.807, 2.05) is 6.92 Å². The highest BCUT2D eigenvalue weighted by Crippen LogP contribution is 2.67. The first kappa shape index (κ1) is 15.4. The van der Waals surface area contributed by atoms with Crippen LogP contribution in [0.3, 0.4) is 0 Å². The topological polar surface area (TPSA) is 57.5 Å². The van der Waals surface area contributed by atoms with E-state index >= 15 is 0 Å². The monoisotopic (exact) mass is 316 g/mol. The molecule has 0 spiro atoms. The van der Waals surface area contributed by atoms with Gasteiger partial charge in [-0.1, -0.05) is 19.9 Å². The molecule has 4 rings (SSSR count). The molecule has 0 bridgehead atoms. The smallest absolute Gasteiger partial charge is 0.219 e. The van der Waals surface area contributed by atoms with E-state index in [9.17, 15) is 15.0 Å². The Morgan fingerprint density at radius 1 is 1.09 bits per heavy atom. The Labute approximate surface area is 138 Å². The molecule has 0 saturated heterocycles. The van der Waals surface area contributed by atoms with Gasteiger partial charge >= 0.3 is 0 Å². The first-order chi connectivity index (χ1) is 10.7. The van der Waals surface area contributed by atoms with E-state index in [4.69, 9.17) is 0 Å². The number of carbonyl (C=O) groups is 1. The van der Waals surface area contributed by atoms with Crippen LogP contribution in [0.15, 0.2) is 23.5 Å². The van der Waals surface area contributed by atoms with E-state index in [0.29, 0.717) is 17.8 Å². The lowest BCUT2D eigenvalue weighted by Gasteiger charge is -2.57.